The number of ether oxygens (including phenoxy) is 2. The van der Waals surface area contributed by atoms with Crippen LogP contribution in [0.4, 0.5) is 0 Å². The van der Waals surface area contributed by atoms with Gasteiger partial charge < -0.3 is 14.4 Å². The highest BCUT2D eigenvalue weighted by atomic mass is 16.5. The van der Waals surface area contributed by atoms with Crippen LogP contribution in [0.5, 0.6) is 5.75 Å². The molecule has 0 saturated heterocycles. The van der Waals surface area contributed by atoms with Gasteiger partial charge in [0.2, 0.25) is 5.75 Å². The fourth-order valence-corrected chi connectivity index (χ4v) is 4.25. The van der Waals surface area contributed by atoms with Crippen LogP contribution in [0.2, 0.25) is 0 Å². The molecule has 0 aliphatic heterocycles. The number of hydrogen-bond acceptors (Lipinski definition) is 8. The number of carbonyl (C=O) groups is 1. The van der Waals surface area contributed by atoms with Gasteiger partial charge in [-0.15, -0.1) is 0 Å². The molecule has 0 bridgehead atoms. The normalized spacial score (nSPS) is 12.7. The molecule has 2 atom stereocenters. The third-order valence-electron chi connectivity index (χ3n) is 6.07. The smallest absolute Gasteiger partial charge is 0.361 e. The highest BCUT2D eigenvalue weighted by Gasteiger charge is 2.32. The second-order valence-electron chi connectivity index (χ2n) is 8.74. The molecule has 0 radical (unpaired) electrons. The van der Waals surface area contributed by atoms with Crippen LogP contribution in [0.25, 0.3) is 0 Å². The zero-order valence-corrected chi connectivity index (χ0v) is 21.6. The van der Waals surface area contributed by atoms with Crippen molar-refractivity contribution in [3.8, 4) is 11.8 Å². The molecule has 0 saturated carbocycles. The van der Waals surface area contributed by atoms with Gasteiger partial charge in [0, 0.05) is 31.6 Å². The molecule has 36 heavy (non-hydrogen) atoms. The lowest BCUT2D eigenvalue weighted by molar-refractivity contribution is 0.0514. The summed E-state index contributed by atoms with van der Waals surface area (Å²) in [4.78, 5) is 32.4. The second kappa shape index (κ2) is 11.6. The lowest BCUT2D eigenvalue weighted by Crippen LogP contribution is -2.30. The van der Waals surface area contributed by atoms with Gasteiger partial charge in [0.05, 0.1) is 38.1 Å². The largest absolute Gasteiger partial charge is 0.489 e. The van der Waals surface area contributed by atoms with E-state index >= 15 is 0 Å². The Bertz CT molecular complexity index is 1320. The Hall–Kier alpha value is -3.97. The monoisotopic (exact) mass is 492 g/mol. The molecule has 10 nitrogen and oxygen atoms in total. The Kier molecular flexibility index (Phi) is 8.61. The summed E-state index contributed by atoms with van der Waals surface area (Å²) in [6, 6.07) is 9.61. The van der Waals surface area contributed by atoms with Crippen molar-refractivity contribution < 1.29 is 14.3 Å². The van der Waals surface area contributed by atoms with Crippen molar-refractivity contribution in [3.05, 3.63) is 75.2 Å². The van der Waals surface area contributed by atoms with Crippen molar-refractivity contribution in [2.45, 2.75) is 32.2 Å². The minimum Gasteiger partial charge on any atom is -0.489 e. The van der Waals surface area contributed by atoms with Crippen LogP contribution in [0.15, 0.2) is 41.5 Å². The topological polar surface area (TPSA) is 115 Å². The third-order valence-corrected chi connectivity index (χ3v) is 6.07. The number of nitriles is 1. The highest BCUT2D eigenvalue weighted by Crippen LogP contribution is 2.39. The first kappa shape index (κ1) is 26.6. The number of likely N-dealkylation sites (N-methyl/N-ethyl adjacent to an activating group) is 1. The van der Waals surface area contributed by atoms with Crippen molar-refractivity contribution in [3.63, 3.8) is 0 Å². The molecule has 0 aliphatic rings. The van der Waals surface area contributed by atoms with Gasteiger partial charge in [0.15, 0.2) is 5.69 Å². The maximum Gasteiger partial charge on any atom is 0.361 e. The Morgan fingerprint density at radius 2 is 2.00 bits per heavy atom. The van der Waals surface area contributed by atoms with Gasteiger partial charge in [-0.2, -0.15) is 10.4 Å². The zero-order chi connectivity index (χ0) is 26.4. The average molecular weight is 493 g/mol. The Morgan fingerprint density at radius 1 is 1.28 bits per heavy atom. The molecule has 3 aromatic rings. The zero-order valence-electron chi connectivity index (χ0n) is 21.6. The number of benzene rings is 1. The van der Waals surface area contributed by atoms with Gasteiger partial charge >= 0.3 is 5.97 Å². The molecular formula is C26H32N6O4. The quantitative estimate of drug-likeness (QED) is 0.397. The highest BCUT2D eigenvalue weighted by molar-refractivity contribution is 5.90. The van der Waals surface area contributed by atoms with E-state index in [2.05, 4.69) is 21.1 Å². The molecule has 1 aromatic carbocycles. The fourth-order valence-electron chi connectivity index (χ4n) is 4.25. The molecule has 3 rings (SSSR count). The molecule has 10 heteroatoms. The number of hydrogen-bond donors (Lipinski definition) is 0. The summed E-state index contributed by atoms with van der Waals surface area (Å²) < 4.78 is 13.6. The Balaban J connectivity index is 2.19. The summed E-state index contributed by atoms with van der Waals surface area (Å²) in [7, 11) is 6.90. The summed E-state index contributed by atoms with van der Waals surface area (Å²) in [6.45, 7) is 5.23. The average Bonchev–Trinajstić information content (AvgIpc) is 3.33. The minimum absolute atomic E-state index is 0.133. The van der Waals surface area contributed by atoms with Crippen LogP contribution in [-0.4, -0.2) is 64.6 Å². The number of esters is 1. The predicted molar refractivity (Wildman–Crippen MR) is 134 cm³/mol. The molecule has 2 aromatic heterocycles. The van der Waals surface area contributed by atoms with Crippen LogP contribution < -0.4 is 10.3 Å². The van der Waals surface area contributed by atoms with Crippen molar-refractivity contribution in [1.82, 2.24) is 24.2 Å². The van der Waals surface area contributed by atoms with E-state index in [0.717, 1.165) is 17.7 Å². The number of methoxy groups -OCH3 is 1. The van der Waals surface area contributed by atoms with Gasteiger partial charge in [-0.1, -0.05) is 25.1 Å². The van der Waals surface area contributed by atoms with Crippen molar-refractivity contribution in [2.75, 3.05) is 34.4 Å². The first-order valence-corrected chi connectivity index (χ1v) is 11.7. The molecule has 0 fully saturated rings. The van der Waals surface area contributed by atoms with E-state index in [1.807, 2.05) is 50.1 Å². The van der Waals surface area contributed by atoms with Crippen LogP contribution in [0.3, 0.4) is 0 Å². The van der Waals surface area contributed by atoms with E-state index in [1.165, 1.54) is 11.7 Å². The maximum absolute atomic E-state index is 13.1. The maximum atomic E-state index is 13.1. The lowest BCUT2D eigenvalue weighted by Gasteiger charge is -2.26. The van der Waals surface area contributed by atoms with E-state index in [1.54, 1.807) is 26.2 Å². The fraction of sp³-hybridized carbons (Fsp3) is 0.423. The lowest BCUT2D eigenvalue weighted by atomic mass is 9.80. The first-order chi connectivity index (χ1) is 17.2. The van der Waals surface area contributed by atoms with E-state index in [0.29, 0.717) is 17.9 Å². The number of rotatable bonds is 10. The summed E-state index contributed by atoms with van der Waals surface area (Å²) >= 11 is 0. The molecule has 2 unspecified atom stereocenters. The van der Waals surface area contributed by atoms with Crippen LogP contribution in [0, 0.1) is 11.3 Å². The van der Waals surface area contributed by atoms with Gasteiger partial charge in [-0.05, 0) is 38.2 Å². The Morgan fingerprint density at radius 3 is 2.64 bits per heavy atom. The summed E-state index contributed by atoms with van der Waals surface area (Å²) in [5, 5.41) is 14.4. The van der Waals surface area contributed by atoms with Crippen LogP contribution in [0.1, 0.15) is 58.7 Å². The van der Waals surface area contributed by atoms with Crippen LogP contribution in [-0.2, 0) is 18.3 Å². The predicted octanol–water partition coefficient (Wildman–Crippen LogP) is 2.53. The van der Waals surface area contributed by atoms with Gasteiger partial charge in [0.1, 0.15) is 5.82 Å². The van der Waals surface area contributed by atoms with Gasteiger partial charge in [-0.3, -0.25) is 14.0 Å². The molecular weight excluding hydrogens is 460 g/mol. The van der Waals surface area contributed by atoms with Crippen molar-refractivity contribution >= 4 is 5.97 Å². The standard InChI is InChI=1S/C26H32N6O4/c1-7-36-26(34)22-23(35-6)25(33)31(5)24(29-22)17(2)21(20-11-9-8-10-18(20)14-27)19-15-28-32(16-19)13-12-30(3)4/h8-11,15-17,21H,7,12-13H2,1-6H3. The van der Waals surface area contributed by atoms with E-state index < -0.39 is 17.4 Å². The van der Waals surface area contributed by atoms with Crippen LogP contribution >= 0.6 is 0 Å². The molecule has 0 amide bonds. The Labute approximate surface area is 210 Å². The molecule has 190 valence electrons. The first-order valence-electron chi connectivity index (χ1n) is 11.7. The number of nitrogens with zero attached hydrogens (tertiary/aromatic N) is 6. The molecule has 0 aliphatic carbocycles. The van der Waals surface area contributed by atoms with Gasteiger partial charge in [-0.25, -0.2) is 9.78 Å². The molecule has 2 heterocycles. The summed E-state index contributed by atoms with van der Waals surface area (Å²) in [6.07, 6.45) is 3.73. The van der Waals surface area contributed by atoms with E-state index in [4.69, 9.17) is 9.47 Å². The van der Waals surface area contributed by atoms with Gasteiger partial charge in [0.25, 0.3) is 5.56 Å². The van der Waals surface area contributed by atoms with Crippen molar-refractivity contribution in [1.29, 1.82) is 5.26 Å². The molecule has 0 N–H and O–H groups in total. The summed E-state index contributed by atoms with van der Waals surface area (Å²) in [5.41, 5.74) is 1.50. The summed E-state index contributed by atoms with van der Waals surface area (Å²) in [5.74, 6) is -1.32. The van der Waals surface area contributed by atoms with E-state index in [-0.39, 0.29) is 24.0 Å². The van der Waals surface area contributed by atoms with Crippen molar-refractivity contribution in [2.24, 2.45) is 7.05 Å². The molecule has 0 spiro atoms. The number of carbonyl (C=O) groups excluding carboxylic acids is 1. The SMILES string of the molecule is CCOC(=O)c1nc(C(C)C(c2cnn(CCN(C)C)c2)c2ccccc2C#N)n(C)c(=O)c1OC. The second-order valence-corrected chi connectivity index (χ2v) is 8.74. The minimum atomic E-state index is -0.731. The number of aromatic nitrogens is 4. The third kappa shape index (κ3) is 5.47. The van der Waals surface area contributed by atoms with E-state index in [9.17, 15) is 14.9 Å².